The van der Waals surface area contributed by atoms with Gasteiger partial charge in [-0.2, -0.15) is 0 Å². The smallest absolute Gasteiger partial charge is 0.263 e. The van der Waals surface area contributed by atoms with Gasteiger partial charge in [-0.15, -0.1) is 0 Å². The zero-order chi connectivity index (χ0) is 14.8. The summed E-state index contributed by atoms with van der Waals surface area (Å²) in [4.78, 5) is 14.2. The van der Waals surface area contributed by atoms with Crippen molar-refractivity contribution >= 4 is 5.91 Å². The van der Waals surface area contributed by atoms with Gasteiger partial charge in [0.2, 0.25) is 0 Å². The molecule has 1 amide bonds. The molecule has 2 unspecified atom stereocenters. The Hall–Kier alpha value is -1.55. The van der Waals surface area contributed by atoms with E-state index in [-0.39, 0.29) is 24.7 Å². The fourth-order valence-corrected chi connectivity index (χ4v) is 2.87. The van der Waals surface area contributed by atoms with E-state index in [2.05, 4.69) is 6.92 Å². The number of ether oxygens (including phenoxy) is 2. The lowest BCUT2D eigenvalue weighted by Gasteiger charge is -2.32. The third kappa shape index (κ3) is 2.96. The van der Waals surface area contributed by atoms with Crippen molar-refractivity contribution in [1.82, 2.24) is 4.90 Å². The second-order valence-corrected chi connectivity index (χ2v) is 5.62. The molecule has 2 atom stereocenters. The Morgan fingerprint density at radius 2 is 2.00 bits per heavy atom. The molecule has 2 rings (SSSR count). The third-order valence-corrected chi connectivity index (χ3v) is 3.74. The van der Waals surface area contributed by atoms with Crippen LogP contribution in [0.1, 0.15) is 34.1 Å². The number of carbonyl (C=O) groups excluding carboxylic acids is 1. The lowest BCUT2D eigenvalue weighted by atomic mass is 10.1. The number of amides is 1. The molecule has 4 nitrogen and oxygen atoms in total. The molecule has 20 heavy (non-hydrogen) atoms. The summed E-state index contributed by atoms with van der Waals surface area (Å²) in [7, 11) is 0. The van der Waals surface area contributed by atoms with E-state index in [1.807, 2.05) is 51.1 Å². The second kappa shape index (κ2) is 5.83. The second-order valence-electron chi connectivity index (χ2n) is 5.62. The van der Waals surface area contributed by atoms with E-state index in [1.165, 1.54) is 0 Å². The Labute approximate surface area is 120 Å². The van der Waals surface area contributed by atoms with Gasteiger partial charge in [0, 0.05) is 0 Å². The maximum Gasteiger partial charge on any atom is 0.263 e. The van der Waals surface area contributed by atoms with Crippen LogP contribution in [0.25, 0.3) is 0 Å². The highest BCUT2D eigenvalue weighted by atomic mass is 16.5. The summed E-state index contributed by atoms with van der Waals surface area (Å²) in [5, 5.41) is 0. The Morgan fingerprint density at radius 3 is 2.55 bits per heavy atom. The molecule has 0 aromatic heterocycles. The van der Waals surface area contributed by atoms with Crippen molar-refractivity contribution in [2.24, 2.45) is 0 Å². The predicted octanol–water partition coefficient (Wildman–Crippen LogP) is 2.83. The molecular weight excluding hydrogens is 254 g/mol. The van der Waals surface area contributed by atoms with Crippen LogP contribution in [-0.4, -0.2) is 35.3 Å². The van der Waals surface area contributed by atoms with E-state index >= 15 is 0 Å². The van der Waals surface area contributed by atoms with Crippen LogP contribution in [0.3, 0.4) is 0 Å². The first-order chi connectivity index (χ1) is 9.45. The maximum atomic E-state index is 12.4. The molecule has 0 radical (unpaired) electrons. The molecule has 1 saturated heterocycles. The van der Waals surface area contributed by atoms with Crippen molar-refractivity contribution in [2.75, 3.05) is 6.61 Å². The van der Waals surface area contributed by atoms with Gasteiger partial charge in [-0.1, -0.05) is 25.1 Å². The van der Waals surface area contributed by atoms with Crippen LogP contribution >= 0.6 is 0 Å². The molecule has 1 heterocycles. The van der Waals surface area contributed by atoms with Crippen LogP contribution in [0.5, 0.6) is 5.75 Å². The van der Waals surface area contributed by atoms with E-state index in [9.17, 15) is 4.79 Å². The minimum Gasteiger partial charge on any atom is -0.484 e. The van der Waals surface area contributed by atoms with Crippen LogP contribution in [0.4, 0.5) is 0 Å². The van der Waals surface area contributed by atoms with E-state index in [1.54, 1.807) is 4.90 Å². The topological polar surface area (TPSA) is 38.8 Å². The summed E-state index contributed by atoms with van der Waals surface area (Å²) in [6.45, 7) is 8.01. The summed E-state index contributed by atoms with van der Waals surface area (Å²) in [6.07, 6.45) is 0.985. The molecule has 1 aliphatic rings. The predicted molar refractivity (Wildman–Crippen MR) is 77.5 cm³/mol. The average molecular weight is 277 g/mol. The monoisotopic (exact) mass is 277 g/mol. The van der Waals surface area contributed by atoms with Crippen LogP contribution in [0.2, 0.25) is 0 Å². The summed E-state index contributed by atoms with van der Waals surface area (Å²) < 4.78 is 11.5. The minimum absolute atomic E-state index is 0.0393. The van der Waals surface area contributed by atoms with Gasteiger partial charge >= 0.3 is 0 Å². The molecule has 0 spiro atoms. The Balaban J connectivity index is 2.01. The highest BCUT2D eigenvalue weighted by molar-refractivity contribution is 5.79. The van der Waals surface area contributed by atoms with E-state index < -0.39 is 5.72 Å². The van der Waals surface area contributed by atoms with Crippen molar-refractivity contribution in [1.29, 1.82) is 0 Å². The summed E-state index contributed by atoms with van der Waals surface area (Å²) >= 11 is 0. The fourth-order valence-electron chi connectivity index (χ4n) is 2.87. The van der Waals surface area contributed by atoms with Crippen molar-refractivity contribution in [3.8, 4) is 5.75 Å². The van der Waals surface area contributed by atoms with Crippen LogP contribution in [-0.2, 0) is 9.53 Å². The molecule has 110 valence electrons. The highest BCUT2D eigenvalue weighted by Crippen LogP contribution is 2.33. The van der Waals surface area contributed by atoms with Gasteiger partial charge < -0.3 is 14.4 Å². The van der Waals surface area contributed by atoms with Crippen molar-refractivity contribution in [3.63, 3.8) is 0 Å². The van der Waals surface area contributed by atoms with Gasteiger partial charge in [-0.25, -0.2) is 0 Å². The van der Waals surface area contributed by atoms with E-state index in [0.29, 0.717) is 5.75 Å². The molecule has 1 aliphatic heterocycles. The fraction of sp³-hybridized carbons (Fsp3) is 0.562. The van der Waals surface area contributed by atoms with E-state index in [4.69, 9.17) is 9.47 Å². The van der Waals surface area contributed by atoms with Gasteiger partial charge in [0.15, 0.2) is 6.61 Å². The number of para-hydroxylation sites is 1. The normalized spacial score (nSPS) is 24.7. The number of hydrogen-bond acceptors (Lipinski definition) is 3. The number of nitrogens with zero attached hydrogens (tertiary/aromatic N) is 1. The molecule has 1 fully saturated rings. The Morgan fingerprint density at radius 1 is 1.35 bits per heavy atom. The maximum absolute atomic E-state index is 12.4. The van der Waals surface area contributed by atoms with Crippen molar-refractivity contribution in [3.05, 3.63) is 30.3 Å². The first-order valence-corrected chi connectivity index (χ1v) is 7.13. The molecule has 1 aromatic carbocycles. The molecule has 0 saturated carbocycles. The molecule has 0 bridgehead atoms. The lowest BCUT2D eigenvalue weighted by molar-refractivity contribution is -0.149. The molecule has 0 N–H and O–H groups in total. The number of benzene rings is 1. The largest absolute Gasteiger partial charge is 0.484 e. The molecule has 0 aliphatic carbocycles. The quantitative estimate of drug-likeness (QED) is 0.849. The van der Waals surface area contributed by atoms with Crippen molar-refractivity contribution in [2.45, 2.75) is 52.0 Å². The highest BCUT2D eigenvalue weighted by Gasteiger charge is 2.46. The van der Waals surface area contributed by atoms with Crippen LogP contribution < -0.4 is 4.74 Å². The van der Waals surface area contributed by atoms with Gasteiger partial charge in [0.25, 0.3) is 5.91 Å². The standard InChI is InChI=1S/C16H23NO3/c1-5-14-12(2)17(16(3,4)20-14)15(18)11-19-13-9-7-6-8-10-13/h6-10,12,14H,5,11H2,1-4H3. The van der Waals surface area contributed by atoms with Crippen LogP contribution in [0, 0.1) is 0 Å². The van der Waals surface area contributed by atoms with E-state index in [0.717, 1.165) is 6.42 Å². The molecular formula is C16H23NO3. The zero-order valence-electron chi connectivity index (χ0n) is 12.6. The van der Waals surface area contributed by atoms with Gasteiger partial charge in [0.1, 0.15) is 11.5 Å². The van der Waals surface area contributed by atoms with Crippen molar-refractivity contribution < 1.29 is 14.3 Å². The van der Waals surface area contributed by atoms with Gasteiger partial charge in [-0.05, 0) is 39.3 Å². The molecule has 1 aromatic rings. The van der Waals surface area contributed by atoms with Crippen LogP contribution in [0.15, 0.2) is 30.3 Å². The summed E-state index contributed by atoms with van der Waals surface area (Å²) in [5.41, 5.74) is -0.572. The SMILES string of the molecule is CCC1OC(C)(C)N(C(=O)COc2ccccc2)C1C. The van der Waals surface area contributed by atoms with Gasteiger partial charge in [-0.3, -0.25) is 4.79 Å². The summed E-state index contributed by atoms with van der Waals surface area (Å²) in [6, 6.07) is 9.45. The minimum atomic E-state index is -0.572. The third-order valence-electron chi connectivity index (χ3n) is 3.74. The Bertz CT molecular complexity index is 458. The lowest BCUT2D eigenvalue weighted by Crippen LogP contribution is -2.49. The first kappa shape index (κ1) is 14.9. The number of carbonyl (C=O) groups is 1. The zero-order valence-corrected chi connectivity index (χ0v) is 12.6. The van der Waals surface area contributed by atoms with Gasteiger partial charge in [0.05, 0.1) is 12.1 Å². The Kier molecular flexibility index (Phi) is 4.33. The first-order valence-electron chi connectivity index (χ1n) is 7.13. The molecule has 4 heteroatoms. The number of rotatable bonds is 4. The number of hydrogen-bond donors (Lipinski definition) is 0. The summed E-state index contributed by atoms with van der Waals surface area (Å²) in [5.74, 6) is 0.667. The average Bonchev–Trinajstić information content (AvgIpc) is 2.66.